The zero-order valence-corrected chi connectivity index (χ0v) is 11.9. The van der Waals surface area contributed by atoms with Gasteiger partial charge in [-0.2, -0.15) is 0 Å². The Kier molecular flexibility index (Phi) is 3.27. The summed E-state index contributed by atoms with van der Waals surface area (Å²) >= 11 is 0. The standard InChI is InChI=1S/C16H19N3O2/c1-3-17-9-11(1)10-19-16-13-8-15-14(20-5-6-21-15)7-12(13)2-4-18-16/h2,4,7-8,11,17H,1,3,5-6,9-10H2,(H,18,19). The first-order valence-corrected chi connectivity index (χ1v) is 7.53. The second kappa shape index (κ2) is 5.41. The van der Waals surface area contributed by atoms with Gasteiger partial charge < -0.3 is 20.1 Å². The van der Waals surface area contributed by atoms with Crippen LogP contribution in [0.25, 0.3) is 10.8 Å². The van der Waals surface area contributed by atoms with E-state index in [2.05, 4.69) is 15.6 Å². The van der Waals surface area contributed by atoms with Gasteiger partial charge in [-0.3, -0.25) is 0 Å². The van der Waals surface area contributed by atoms with E-state index in [1.807, 2.05) is 24.4 Å². The summed E-state index contributed by atoms with van der Waals surface area (Å²) in [4.78, 5) is 4.49. The number of pyridine rings is 1. The molecule has 21 heavy (non-hydrogen) atoms. The lowest BCUT2D eigenvalue weighted by atomic mass is 10.1. The molecule has 0 radical (unpaired) electrons. The molecule has 0 saturated carbocycles. The molecule has 1 fully saturated rings. The summed E-state index contributed by atoms with van der Waals surface area (Å²) < 4.78 is 11.3. The Morgan fingerprint density at radius 2 is 2.10 bits per heavy atom. The first-order chi connectivity index (χ1) is 10.4. The highest BCUT2D eigenvalue weighted by atomic mass is 16.6. The van der Waals surface area contributed by atoms with Crippen molar-refractivity contribution in [2.45, 2.75) is 6.42 Å². The Labute approximate surface area is 123 Å². The Bertz CT molecular complexity index is 653. The van der Waals surface area contributed by atoms with Crippen molar-refractivity contribution in [1.82, 2.24) is 10.3 Å². The van der Waals surface area contributed by atoms with Crippen LogP contribution in [0.5, 0.6) is 11.5 Å². The maximum atomic E-state index is 5.67. The number of anilines is 1. The van der Waals surface area contributed by atoms with Gasteiger partial charge in [0.2, 0.25) is 0 Å². The number of nitrogens with zero attached hydrogens (tertiary/aromatic N) is 1. The molecular weight excluding hydrogens is 266 g/mol. The highest BCUT2D eigenvalue weighted by molar-refractivity contribution is 5.94. The highest BCUT2D eigenvalue weighted by Crippen LogP contribution is 2.36. The van der Waals surface area contributed by atoms with Gasteiger partial charge in [0.1, 0.15) is 19.0 Å². The molecule has 1 unspecified atom stereocenters. The number of rotatable bonds is 3. The van der Waals surface area contributed by atoms with E-state index in [0.717, 1.165) is 47.7 Å². The van der Waals surface area contributed by atoms with E-state index in [4.69, 9.17) is 9.47 Å². The molecule has 0 amide bonds. The molecule has 1 aromatic carbocycles. The molecule has 2 aliphatic heterocycles. The summed E-state index contributed by atoms with van der Waals surface area (Å²) in [5.74, 6) is 3.24. The third-order valence-corrected chi connectivity index (χ3v) is 4.15. The summed E-state index contributed by atoms with van der Waals surface area (Å²) in [6, 6.07) is 6.08. The van der Waals surface area contributed by atoms with Crippen LogP contribution in [0.4, 0.5) is 5.82 Å². The third-order valence-electron chi connectivity index (χ3n) is 4.15. The predicted octanol–water partition coefficient (Wildman–Crippen LogP) is 2.03. The van der Waals surface area contributed by atoms with Gasteiger partial charge in [0, 0.05) is 18.1 Å². The first-order valence-electron chi connectivity index (χ1n) is 7.53. The van der Waals surface area contributed by atoms with Gasteiger partial charge >= 0.3 is 0 Å². The van der Waals surface area contributed by atoms with Crippen molar-refractivity contribution in [1.29, 1.82) is 0 Å². The van der Waals surface area contributed by atoms with Crippen LogP contribution in [-0.2, 0) is 0 Å². The second-order valence-electron chi connectivity index (χ2n) is 5.62. The lowest BCUT2D eigenvalue weighted by Gasteiger charge is -2.20. The minimum atomic E-state index is 0.606. The molecule has 2 aliphatic rings. The minimum absolute atomic E-state index is 0.606. The zero-order valence-electron chi connectivity index (χ0n) is 11.9. The Balaban J connectivity index is 1.64. The maximum absolute atomic E-state index is 5.67. The van der Waals surface area contributed by atoms with Crippen molar-refractivity contribution in [3.05, 3.63) is 24.4 Å². The van der Waals surface area contributed by atoms with E-state index >= 15 is 0 Å². The molecular formula is C16H19N3O2. The second-order valence-corrected chi connectivity index (χ2v) is 5.62. The normalized spacial score (nSPS) is 20.7. The maximum Gasteiger partial charge on any atom is 0.162 e. The monoisotopic (exact) mass is 285 g/mol. The van der Waals surface area contributed by atoms with Crippen molar-refractivity contribution >= 4 is 16.6 Å². The fourth-order valence-electron chi connectivity index (χ4n) is 2.98. The van der Waals surface area contributed by atoms with Crippen LogP contribution < -0.4 is 20.1 Å². The van der Waals surface area contributed by atoms with Gasteiger partial charge in [-0.1, -0.05) is 0 Å². The van der Waals surface area contributed by atoms with Crippen molar-refractivity contribution < 1.29 is 9.47 Å². The predicted molar refractivity (Wildman–Crippen MR) is 82.2 cm³/mol. The SMILES string of the molecule is c1cc2cc3c(cc2c(NCC2CCNC2)n1)OCCO3. The fourth-order valence-corrected chi connectivity index (χ4v) is 2.98. The Morgan fingerprint density at radius 3 is 2.90 bits per heavy atom. The van der Waals surface area contributed by atoms with Crippen molar-refractivity contribution in [3.8, 4) is 11.5 Å². The summed E-state index contributed by atoms with van der Waals surface area (Å²) in [7, 11) is 0. The third kappa shape index (κ3) is 2.49. The Hall–Kier alpha value is -2.01. The zero-order chi connectivity index (χ0) is 14.1. The molecule has 5 nitrogen and oxygen atoms in total. The average molecular weight is 285 g/mol. The van der Waals surface area contributed by atoms with Crippen LogP contribution in [0.15, 0.2) is 24.4 Å². The van der Waals surface area contributed by atoms with Gasteiger partial charge in [0.15, 0.2) is 11.5 Å². The lowest BCUT2D eigenvalue weighted by molar-refractivity contribution is 0.172. The number of aromatic nitrogens is 1. The van der Waals surface area contributed by atoms with E-state index in [0.29, 0.717) is 19.1 Å². The van der Waals surface area contributed by atoms with Crippen LogP contribution in [0.1, 0.15) is 6.42 Å². The first kappa shape index (κ1) is 12.7. The van der Waals surface area contributed by atoms with Crippen molar-refractivity contribution in [2.75, 3.05) is 38.2 Å². The molecule has 1 aromatic heterocycles. The molecule has 0 bridgehead atoms. The molecule has 2 aromatic rings. The molecule has 2 N–H and O–H groups in total. The van der Waals surface area contributed by atoms with Crippen LogP contribution in [0.3, 0.4) is 0 Å². The molecule has 5 heteroatoms. The number of benzene rings is 1. The number of nitrogens with one attached hydrogen (secondary N) is 2. The largest absolute Gasteiger partial charge is 0.486 e. The van der Waals surface area contributed by atoms with Crippen molar-refractivity contribution in [2.24, 2.45) is 5.92 Å². The summed E-state index contributed by atoms with van der Waals surface area (Å²) in [6.07, 6.45) is 3.07. The molecule has 3 heterocycles. The molecule has 1 saturated heterocycles. The summed E-state index contributed by atoms with van der Waals surface area (Å²) in [6.45, 7) is 4.38. The molecule has 1 atom stereocenters. The van der Waals surface area contributed by atoms with E-state index in [-0.39, 0.29) is 0 Å². The smallest absolute Gasteiger partial charge is 0.162 e. The van der Waals surface area contributed by atoms with Gasteiger partial charge in [-0.05, 0) is 49.0 Å². The van der Waals surface area contributed by atoms with Crippen LogP contribution in [-0.4, -0.2) is 37.8 Å². The minimum Gasteiger partial charge on any atom is -0.486 e. The van der Waals surface area contributed by atoms with Crippen LogP contribution >= 0.6 is 0 Å². The quantitative estimate of drug-likeness (QED) is 0.903. The van der Waals surface area contributed by atoms with E-state index in [1.54, 1.807) is 0 Å². The lowest BCUT2D eigenvalue weighted by Crippen LogP contribution is -2.18. The van der Waals surface area contributed by atoms with E-state index in [1.165, 1.54) is 6.42 Å². The Morgan fingerprint density at radius 1 is 1.24 bits per heavy atom. The molecule has 4 rings (SSSR count). The van der Waals surface area contributed by atoms with E-state index < -0.39 is 0 Å². The summed E-state index contributed by atoms with van der Waals surface area (Å²) in [5, 5.41) is 9.10. The van der Waals surface area contributed by atoms with Gasteiger partial charge in [0.25, 0.3) is 0 Å². The molecule has 0 spiro atoms. The van der Waals surface area contributed by atoms with Crippen LogP contribution in [0.2, 0.25) is 0 Å². The number of ether oxygens (including phenoxy) is 2. The van der Waals surface area contributed by atoms with Gasteiger partial charge in [0.05, 0.1) is 0 Å². The average Bonchev–Trinajstić information content (AvgIpc) is 3.04. The summed E-state index contributed by atoms with van der Waals surface area (Å²) in [5.41, 5.74) is 0. The van der Waals surface area contributed by atoms with Crippen molar-refractivity contribution in [3.63, 3.8) is 0 Å². The van der Waals surface area contributed by atoms with E-state index in [9.17, 15) is 0 Å². The highest BCUT2D eigenvalue weighted by Gasteiger charge is 2.17. The topological polar surface area (TPSA) is 55.4 Å². The number of hydrogen-bond acceptors (Lipinski definition) is 5. The van der Waals surface area contributed by atoms with Gasteiger partial charge in [-0.15, -0.1) is 0 Å². The van der Waals surface area contributed by atoms with Gasteiger partial charge in [-0.25, -0.2) is 4.98 Å². The molecule has 110 valence electrons. The number of hydrogen-bond donors (Lipinski definition) is 2. The fraction of sp³-hybridized carbons (Fsp3) is 0.438. The van der Waals surface area contributed by atoms with Crippen LogP contribution in [0, 0.1) is 5.92 Å². The molecule has 0 aliphatic carbocycles. The number of fused-ring (bicyclic) bond motifs is 2.